The minimum Gasteiger partial charge on any atom is -0.360 e. The van der Waals surface area contributed by atoms with Crippen LogP contribution in [0.15, 0.2) is 11.8 Å². The lowest BCUT2D eigenvalue weighted by molar-refractivity contribution is -0.0441. The van der Waals surface area contributed by atoms with E-state index < -0.39 is 0 Å². The Morgan fingerprint density at radius 3 is 1.86 bits per heavy atom. The van der Waals surface area contributed by atoms with Gasteiger partial charge in [0.05, 0.1) is 9.52 Å². The van der Waals surface area contributed by atoms with Crippen LogP contribution in [0, 0.1) is 0 Å². The third kappa shape index (κ3) is 13.7. The molecule has 0 aromatic heterocycles. The highest BCUT2D eigenvalue weighted by Crippen LogP contribution is 2.09. The second-order valence-corrected chi connectivity index (χ2v) is 9.12. The van der Waals surface area contributed by atoms with Crippen LogP contribution in [-0.2, 0) is 18.9 Å². The van der Waals surface area contributed by atoms with Crippen molar-refractivity contribution in [2.75, 3.05) is 28.4 Å². The Bertz CT molecular complexity index is 244. The van der Waals surface area contributed by atoms with Gasteiger partial charge in [0, 0.05) is 28.4 Å². The van der Waals surface area contributed by atoms with E-state index in [0.29, 0.717) is 0 Å². The standard InChI is InChI=1S/C16H36O4Si2/c1-17-15(18-2)21-13-11-9-7-5-6-8-10-12-14-22-16(19-3)20-4/h11,13,15-16H,5-10,12,14,21-22H2,1-4H3. The van der Waals surface area contributed by atoms with E-state index in [4.69, 9.17) is 18.9 Å². The molecule has 0 heterocycles. The van der Waals surface area contributed by atoms with Crippen LogP contribution in [0.4, 0.5) is 0 Å². The fraction of sp³-hybridized carbons (Fsp3) is 0.875. The summed E-state index contributed by atoms with van der Waals surface area (Å²) in [6.07, 6.45) is 11.6. The first kappa shape index (κ1) is 22.0. The largest absolute Gasteiger partial charge is 0.360 e. The van der Waals surface area contributed by atoms with Crippen molar-refractivity contribution in [3.63, 3.8) is 0 Å². The SMILES string of the molecule is COC(OC)[SiH2]C=CCCCCCCCC[SiH2]C(OC)OC. The zero-order valence-electron chi connectivity index (χ0n) is 15.0. The Morgan fingerprint density at radius 2 is 1.27 bits per heavy atom. The predicted octanol–water partition coefficient (Wildman–Crippen LogP) is 2.14. The van der Waals surface area contributed by atoms with Gasteiger partial charge in [0.25, 0.3) is 0 Å². The highest BCUT2D eigenvalue weighted by Gasteiger charge is 2.04. The van der Waals surface area contributed by atoms with E-state index in [1.165, 1.54) is 51.0 Å². The van der Waals surface area contributed by atoms with Crippen molar-refractivity contribution in [1.29, 1.82) is 0 Å². The molecule has 0 aliphatic heterocycles. The van der Waals surface area contributed by atoms with Gasteiger partial charge in [-0.05, 0) is 12.8 Å². The van der Waals surface area contributed by atoms with Gasteiger partial charge in [-0.2, -0.15) is 0 Å². The average Bonchev–Trinajstić information content (AvgIpc) is 2.55. The lowest BCUT2D eigenvalue weighted by Crippen LogP contribution is -2.20. The molecule has 0 saturated carbocycles. The summed E-state index contributed by atoms with van der Waals surface area (Å²) in [5.74, 6) is 0.154. The summed E-state index contributed by atoms with van der Waals surface area (Å²) < 4.78 is 20.9. The van der Waals surface area contributed by atoms with E-state index in [1.807, 2.05) is 0 Å². The van der Waals surface area contributed by atoms with Crippen molar-refractivity contribution >= 4 is 19.0 Å². The Morgan fingerprint density at radius 1 is 0.727 bits per heavy atom. The maximum Gasteiger partial charge on any atom is 0.138 e. The molecule has 0 unspecified atom stereocenters. The minimum atomic E-state index is -0.381. The maximum atomic E-state index is 5.24. The van der Waals surface area contributed by atoms with Crippen LogP contribution >= 0.6 is 0 Å². The number of hydrogen-bond donors (Lipinski definition) is 0. The van der Waals surface area contributed by atoms with E-state index in [2.05, 4.69) is 11.8 Å². The van der Waals surface area contributed by atoms with Crippen LogP contribution < -0.4 is 0 Å². The monoisotopic (exact) mass is 348 g/mol. The molecule has 0 atom stereocenters. The van der Waals surface area contributed by atoms with E-state index in [0.717, 1.165) is 0 Å². The molecule has 0 rings (SSSR count). The number of allylic oxidation sites excluding steroid dienone is 1. The Kier molecular flexibility index (Phi) is 17.4. The Balaban J connectivity index is 3.25. The normalized spacial score (nSPS) is 13.2. The first-order valence-corrected chi connectivity index (χ1v) is 12.0. The summed E-state index contributed by atoms with van der Waals surface area (Å²) in [4.78, 5) is 0. The van der Waals surface area contributed by atoms with Crippen molar-refractivity contribution in [3.05, 3.63) is 11.8 Å². The molecule has 0 N–H and O–H groups in total. The molecule has 0 aliphatic rings. The zero-order valence-corrected chi connectivity index (χ0v) is 17.8. The summed E-state index contributed by atoms with van der Waals surface area (Å²) in [5, 5.41) is 0. The van der Waals surface area contributed by atoms with Crippen molar-refractivity contribution in [1.82, 2.24) is 0 Å². The van der Waals surface area contributed by atoms with Gasteiger partial charge in [-0.1, -0.05) is 49.9 Å². The zero-order chi connectivity index (χ0) is 16.5. The van der Waals surface area contributed by atoms with E-state index >= 15 is 0 Å². The molecule has 0 aliphatic carbocycles. The van der Waals surface area contributed by atoms with Crippen LogP contribution in [0.5, 0.6) is 0 Å². The number of unbranched alkanes of at least 4 members (excludes halogenated alkanes) is 6. The lowest BCUT2D eigenvalue weighted by atomic mass is 10.1. The Labute approximate surface area is 141 Å². The highest BCUT2D eigenvalue weighted by molar-refractivity contribution is 6.43. The van der Waals surface area contributed by atoms with Crippen LogP contribution in [-0.4, -0.2) is 59.3 Å². The number of ether oxygens (including phenoxy) is 4. The quantitative estimate of drug-likeness (QED) is 0.243. The smallest absolute Gasteiger partial charge is 0.138 e. The lowest BCUT2D eigenvalue weighted by Gasteiger charge is -2.12. The molecule has 4 nitrogen and oxygen atoms in total. The summed E-state index contributed by atoms with van der Waals surface area (Å²) in [6.45, 7) is 0. The molecule has 0 saturated heterocycles. The van der Waals surface area contributed by atoms with Gasteiger partial charge in [0.1, 0.15) is 21.3 Å². The maximum absolute atomic E-state index is 5.24. The summed E-state index contributed by atoms with van der Waals surface area (Å²) in [6, 6.07) is 1.33. The fourth-order valence-electron chi connectivity index (χ4n) is 2.40. The molecule has 132 valence electrons. The van der Waals surface area contributed by atoms with Crippen LogP contribution in [0.1, 0.15) is 44.9 Å². The van der Waals surface area contributed by atoms with E-state index in [-0.39, 0.29) is 30.9 Å². The number of rotatable bonds is 16. The first-order chi connectivity index (χ1) is 10.8. The topological polar surface area (TPSA) is 36.9 Å². The third-order valence-electron chi connectivity index (χ3n) is 3.86. The van der Waals surface area contributed by atoms with Crippen molar-refractivity contribution in [3.8, 4) is 0 Å². The van der Waals surface area contributed by atoms with E-state index in [9.17, 15) is 0 Å². The molecule has 0 aromatic rings. The molecule has 6 heteroatoms. The predicted molar refractivity (Wildman–Crippen MR) is 99.0 cm³/mol. The van der Waals surface area contributed by atoms with Crippen LogP contribution in [0.3, 0.4) is 0 Å². The van der Waals surface area contributed by atoms with Gasteiger partial charge >= 0.3 is 0 Å². The number of hydrogen-bond acceptors (Lipinski definition) is 4. The molecule has 0 aromatic carbocycles. The summed E-state index contributed by atoms with van der Waals surface area (Å²) >= 11 is 0. The average molecular weight is 349 g/mol. The van der Waals surface area contributed by atoms with Gasteiger partial charge in [0.2, 0.25) is 0 Å². The molecular weight excluding hydrogens is 312 g/mol. The molecule has 0 spiro atoms. The van der Waals surface area contributed by atoms with Gasteiger partial charge < -0.3 is 18.9 Å². The van der Waals surface area contributed by atoms with Crippen LogP contribution in [0.25, 0.3) is 0 Å². The van der Waals surface area contributed by atoms with Gasteiger partial charge in [-0.15, -0.1) is 0 Å². The van der Waals surface area contributed by atoms with Crippen molar-refractivity contribution < 1.29 is 18.9 Å². The van der Waals surface area contributed by atoms with Gasteiger partial charge in [-0.25, -0.2) is 0 Å². The molecule has 0 fully saturated rings. The van der Waals surface area contributed by atoms with Gasteiger partial charge in [0.15, 0.2) is 0 Å². The molecule has 0 radical (unpaired) electrons. The number of methoxy groups -OCH3 is 4. The molecular formula is C16H36O4Si2. The first-order valence-electron chi connectivity index (χ1n) is 8.54. The minimum absolute atomic E-state index is 0.0376. The third-order valence-corrected chi connectivity index (χ3v) is 7.56. The molecule has 22 heavy (non-hydrogen) atoms. The highest BCUT2D eigenvalue weighted by atomic mass is 28.2. The Hall–Kier alpha value is 0.0138. The second-order valence-electron chi connectivity index (χ2n) is 5.56. The fourth-order valence-corrected chi connectivity index (χ4v) is 4.89. The summed E-state index contributed by atoms with van der Waals surface area (Å²) in [7, 11) is 6.31. The summed E-state index contributed by atoms with van der Waals surface area (Å²) in [5.41, 5.74) is 2.30. The van der Waals surface area contributed by atoms with Crippen LogP contribution in [0.2, 0.25) is 6.04 Å². The molecule has 0 bridgehead atoms. The molecule has 0 amide bonds. The second kappa shape index (κ2) is 17.4. The van der Waals surface area contributed by atoms with E-state index in [1.54, 1.807) is 28.4 Å². The van der Waals surface area contributed by atoms with Crippen molar-refractivity contribution in [2.45, 2.75) is 62.8 Å². The van der Waals surface area contributed by atoms with Crippen molar-refractivity contribution in [2.24, 2.45) is 0 Å². The van der Waals surface area contributed by atoms with Gasteiger partial charge in [-0.3, -0.25) is 0 Å².